The highest BCUT2D eigenvalue weighted by Crippen LogP contribution is 2.40. The molecule has 12 heteroatoms. The lowest BCUT2D eigenvalue weighted by Gasteiger charge is -2.39. The van der Waals surface area contributed by atoms with E-state index < -0.39 is 18.5 Å². The number of fused-ring (bicyclic) bond motifs is 2. The molecule has 2 aromatic heterocycles. The molecule has 8 nitrogen and oxygen atoms in total. The average molecular weight is 492 g/mol. The summed E-state index contributed by atoms with van der Waals surface area (Å²) in [6.07, 6.45) is -0.855. The zero-order valence-electron chi connectivity index (χ0n) is 18.9. The second-order valence-corrected chi connectivity index (χ2v) is 8.78. The maximum absolute atomic E-state index is 13.5. The molecule has 186 valence electrons. The van der Waals surface area contributed by atoms with Gasteiger partial charge in [-0.05, 0) is 42.9 Å². The molecule has 1 N–H and O–H groups in total. The van der Waals surface area contributed by atoms with Gasteiger partial charge in [-0.2, -0.15) is 18.2 Å². The molecule has 5 rings (SSSR count). The number of hydrogen-bond donors (Lipinski definition) is 1. The number of hydrogen-bond acceptors (Lipinski definition) is 7. The number of benzene rings is 1. The number of aromatic nitrogens is 4. The smallest absolute Gasteiger partial charge is 0.408 e. The fourth-order valence-corrected chi connectivity index (χ4v) is 4.90. The van der Waals surface area contributed by atoms with Crippen molar-refractivity contribution in [2.45, 2.75) is 31.6 Å². The van der Waals surface area contributed by atoms with Crippen LogP contribution in [0.15, 0.2) is 42.6 Å². The van der Waals surface area contributed by atoms with E-state index in [9.17, 15) is 17.6 Å². The lowest BCUT2D eigenvalue weighted by Crippen LogP contribution is -2.48. The number of methoxy groups -OCH3 is 1. The second-order valence-electron chi connectivity index (χ2n) is 8.78. The maximum Gasteiger partial charge on any atom is 0.408 e. The summed E-state index contributed by atoms with van der Waals surface area (Å²) in [7, 11) is 1.57. The molecule has 35 heavy (non-hydrogen) atoms. The molecule has 0 amide bonds. The highest BCUT2D eigenvalue weighted by molar-refractivity contribution is 5.49. The van der Waals surface area contributed by atoms with Crippen LogP contribution in [-0.4, -0.2) is 52.2 Å². The van der Waals surface area contributed by atoms with Crippen LogP contribution in [0, 0.1) is 17.7 Å². The predicted octanol–water partition coefficient (Wildman–Crippen LogP) is 4.50. The first-order valence-electron chi connectivity index (χ1n) is 11.2. The summed E-state index contributed by atoms with van der Waals surface area (Å²) in [5.41, 5.74) is 1.02. The van der Waals surface area contributed by atoms with E-state index in [0.717, 1.165) is 37.7 Å². The Kier molecular flexibility index (Phi) is 6.12. The summed E-state index contributed by atoms with van der Waals surface area (Å²) in [5, 5.41) is 7.28. The number of piperidine rings is 1. The van der Waals surface area contributed by atoms with Gasteiger partial charge in [0.05, 0.1) is 7.11 Å². The van der Waals surface area contributed by atoms with Crippen molar-refractivity contribution in [3.05, 3.63) is 48.4 Å². The monoisotopic (exact) mass is 492 g/mol. The molecule has 1 aliphatic carbocycles. The number of nitrogens with one attached hydrogen (secondary N) is 1. The van der Waals surface area contributed by atoms with Gasteiger partial charge in [-0.15, -0.1) is 5.10 Å². The van der Waals surface area contributed by atoms with Crippen LogP contribution in [0.25, 0.3) is 0 Å². The summed E-state index contributed by atoms with van der Waals surface area (Å²) in [6, 6.07) is 8.61. The summed E-state index contributed by atoms with van der Waals surface area (Å²) in [6.45, 7) is 0.177. The SMILES string of the molecule is COc1cc(N2C[C@H]3CC[C@@H](C2)[C@H]3Nc2nc(Oc3cccc(F)c3)n(CC(F)(F)F)n2)ccn1. The normalized spacial score (nSPS) is 21.7. The van der Waals surface area contributed by atoms with E-state index >= 15 is 0 Å². The number of halogens is 4. The number of nitrogens with zero attached hydrogens (tertiary/aromatic N) is 5. The summed E-state index contributed by atoms with van der Waals surface area (Å²) in [4.78, 5) is 10.6. The molecule has 0 spiro atoms. The van der Waals surface area contributed by atoms with E-state index in [1.165, 1.54) is 18.2 Å². The Morgan fingerprint density at radius 2 is 1.89 bits per heavy atom. The Bertz CT molecular complexity index is 1170. The Labute approximate surface area is 198 Å². The fraction of sp³-hybridized carbons (Fsp3) is 0.435. The minimum absolute atomic E-state index is 0.0127. The van der Waals surface area contributed by atoms with Crippen LogP contribution < -0.4 is 19.7 Å². The number of alkyl halides is 3. The molecule has 1 aliphatic heterocycles. The standard InChI is InChI=1S/C23H24F4N6O2/c1-34-19-10-17(7-8-28-19)32-11-14-5-6-15(12-32)20(14)29-21-30-22(33(31-21)13-23(25,26)27)35-18-4-2-3-16(24)9-18/h2-4,7-10,14-15,20H,5-6,11-13H2,1H3,(H,29,31)/t14-,15+,20+. The van der Waals surface area contributed by atoms with Gasteiger partial charge < -0.3 is 19.7 Å². The molecular formula is C23H24F4N6O2. The minimum atomic E-state index is -4.53. The first kappa shape index (κ1) is 23.2. The Morgan fingerprint density at radius 3 is 2.57 bits per heavy atom. The van der Waals surface area contributed by atoms with Gasteiger partial charge in [-0.25, -0.2) is 14.1 Å². The van der Waals surface area contributed by atoms with Crippen molar-refractivity contribution in [2.75, 3.05) is 30.4 Å². The highest BCUT2D eigenvalue weighted by atomic mass is 19.4. The third kappa shape index (κ3) is 5.25. The lowest BCUT2D eigenvalue weighted by atomic mass is 9.92. The van der Waals surface area contributed by atoms with Crippen molar-refractivity contribution in [1.29, 1.82) is 0 Å². The molecule has 1 saturated carbocycles. The highest BCUT2D eigenvalue weighted by Gasteiger charge is 2.43. The van der Waals surface area contributed by atoms with Gasteiger partial charge >= 0.3 is 12.2 Å². The van der Waals surface area contributed by atoms with Gasteiger partial charge in [-0.3, -0.25) is 0 Å². The maximum atomic E-state index is 13.5. The molecule has 1 saturated heterocycles. The molecule has 2 bridgehead atoms. The van der Waals surface area contributed by atoms with Gasteiger partial charge in [0.2, 0.25) is 11.8 Å². The molecule has 0 unspecified atom stereocenters. The summed E-state index contributed by atoms with van der Waals surface area (Å²) < 4.78 is 64.3. The number of ether oxygens (including phenoxy) is 2. The van der Waals surface area contributed by atoms with E-state index in [4.69, 9.17) is 9.47 Å². The first-order chi connectivity index (χ1) is 16.8. The summed E-state index contributed by atoms with van der Waals surface area (Å²) in [5.74, 6) is 0.582. The van der Waals surface area contributed by atoms with Crippen molar-refractivity contribution in [3.8, 4) is 17.6 Å². The van der Waals surface area contributed by atoms with Crippen molar-refractivity contribution < 1.29 is 27.0 Å². The topological polar surface area (TPSA) is 77.3 Å². The van der Waals surface area contributed by atoms with E-state index in [1.54, 1.807) is 13.3 Å². The zero-order valence-corrected chi connectivity index (χ0v) is 18.9. The second kappa shape index (κ2) is 9.23. The van der Waals surface area contributed by atoms with Crippen LogP contribution in [0.5, 0.6) is 17.6 Å². The molecule has 3 heterocycles. The Hall–Kier alpha value is -3.57. The Balaban J connectivity index is 1.33. The number of anilines is 2. The molecule has 0 radical (unpaired) electrons. The number of pyridine rings is 1. The van der Waals surface area contributed by atoms with Crippen LogP contribution in [0.3, 0.4) is 0 Å². The largest absolute Gasteiger partial charge is 0.481 e. The Morgan fingerprint density at radius 1 is 1.11 bits per heavy atom. The van der Waals surface area contributed by atoms with Crippen molar-refractivity contribution in [3.63, 3.8) is 0 Å². The minimum Gasteiger partial charge on any atom is -0.481 e. The third-order valence-corrected chi connectivity index (χ3v) is 6.39. The van der Waals surface area contributed by atoms with Gasteiger partial charge in [0.15, 0.2) is 0 Å². The van der Waals surface area contributed by atoms with Gasteiger partial charge in [0, 0.05) is 43.1 Å². The van der Waals surface area contributed by atoms with Crippen LogP contribution in [0.4, 0.5) is 29.2 Å². The zero-order chi connectivity index (χ0) is 24.6. The van der Waals surface area contributed by atoms with Gasteiger partial charge in [0.25, 0.3) is 0 Å². The predicted molar refractivity (Wildman–Crippen MR) is 119 cm³/mol. The van der Waals surface area contributed by atoms with Crippen molar-refractivity contribution >= 4 is 11.6 Å². The molecule has 2 aliphatic rings. The van der Waals surface area contributed by atoms with E-state index in [2.05, 4.69) is 25.3 Å². The van der Waals surface area contributed by atoms with Crippen molar-refractivity contribution in [1.82, 2.24) is 19.7 Å². The first-order valence-corrected chi connectivity index (χ1v) is 11.2. The molecule has 3 aromatic rings. The van der Waals surface area contributed by atoms with Crippen LogP contribution in [0.1, 0.15) is 12.8 Å². The van der Waals surface area contributed by atoms with Gasteiger partial charge in [0.1, 0.15) is 18.1 Å². The average Bonchev–Trinajstić information content (AvgIpc) is 3.26. The quantitative estimate of drug-likeness (QED) is 0.487. The molecular weight excluding hydrogens is 468 g/mol. The van der Waals surface area contributed by atoms with Crippen molar-refractivity contribution in [2.24, 2.45) is 11.8 Å². The van der Waals surface area contributed by atoms with E-state index in [-0.39, 0.29) is 35.6 Å². The van der Waals surface area contributed by atoms with Crippen LogP contribution in [0.2, 0.25) is 0 Å². The van der Waals surface area contributed by atoms with Crippen LogP contribution in [-0.2, 0) is 6.54 Å². The van der Waals surface area contributed by atoms with Crippen LogP contribution >= 0.6 is 0 Å². The molecule has 3 atom stereocenters. The number of rotatable bonds is 7. The van der Waals surface area contributed by atoms with E-state index in [1.807, 2.05) is 12.1 Å². The fourth-order valence-electron chi connectivity index (χ4n) is 4.90. The van der Waals surface area contributed by atoms with Gasteiger partial charge in [-0.1, -0.05) is 6.07 Å². The molecule has 2 fully saturated rings. The molecule has 1 aromatic carbocycles. The lowest BCUT2D eigenvalue weighted by molar-refractivity contribution is -0.143. The summed E-state index contributed by atoms with van der Waals surface area (Å²) >= 11 is 0. The van der Waals surface area contributed by atoms with E-state index in [0.29, 0.717) is 10.6 Å². The third-order valence-electron chi connectivity index (χ3n) is 6.39.